The Morgan fingerprint density at radius 2 is 1.74 bits per heavy atom. The molecule has 0 aromatic heterocycles. The molecule has 0 amide bonds. The molecule has 0 N–H and O–H groups in total. The van der Waals surface area contributed by atoms with Crippen molar-refractivity contribution >= 4 is 22.9 Å². The van der Waals surface area contributed by atoms with Crippen LogP contribution in [0.2, 0.25) is 0 Å². The monoisotopic (exact) mass is 388 g/mol. The molecule has 8 atom stereocenters. The highest BCUT2D eigenvalue weighted by Crippen LogP contribution is 2.68. The molecule has 1 aliphatic heterocycles. The van der Waals surface area contributed by atoms with E-state index in [1.165, 1.54) is 24.8 Å². The Labute approximate surface area is 168 Å². The first-order valence-electron chi connectivity index (χ1n) is 10.7. The predicted molar refractivity (Wildman–Crippen MR) is 108 cm³/mol. The standard InChI is InChI=1S/C23H32O3S/c1-12-6-7-13-18-14(8-9-22(12,13)4)23(5)11-17(27)16(24)10-15(23)19-20(18)26-21(2,3)25-19/h13-15,18-20H,1,6-11H2,2-5H3/t13-,14-,15+,18?,19+,20+,22+,23+/m0/s1. The third-order valence-corrected chi connectivity index (χ3v) is 9.55. The molecule has 1 unspecified atom stereocenters. The number of carbonyl (C=O) groups is 1. The maximum atomic E-state index is 12.5. The number of ketones is 1. The molecular formula is C23H32O3S. The first-order valence-corrected chi connectivity index (χ1v) is 11.1. The van der Waals surface area contributed by atoms with E-state index in [1.54, 1.807) is 0 Å². The summed E-state index contributed by atoms with van der Waals surface area (Å²) in [5, 5.41) is 0. The van der Waals surface area contributed by atoms with Crippen LogP contribution in [0.1, 0.15) is 66.2 Å². The number of thiocarbonyl (C=S) groups is 1. The van der Waals surface area contributed by atoms with Crippen molar-refractivity contribution in [1.29, 1.82) is 0 Å². The van der Waals surface area contributed by atoms with Crippen molar-refractivity contribution in [3.63, 3.8) is 0 Å². The average molecular weight is 389 g/mol. The van der Waals surface area contributed by atoms with Crippen molar-refractivity contribution in [2.75, 3.05) is 0 Å². The second-order valence-corrected chi connectivity index (χ2v) is 11.3. The quantitative estimate of drug-likeness (QED) is 0.438. The molecule has 0 aromatic carbocycles. The molecule has 27 heavy (non-hydrogen) atoms. The van der Waals surface area contributed by atoms with E-state index in [1.807, 2.05) is 13.8 Å². The fraction of sp³-hybridized carbons (Fsp3) is 0.826. The zero-order valence-electron chi connectivity index (χ0n) is 17.0. The van der Waals surface area contributed by atoms with E-state index < -0.39 is 5.79 Å². The van der Waals surface area contributed by atoms with Crippen LogP contribution in [0, 0.1) is 34.5 Å². The van der Waals surface area contributed by atoms with Crippen molar-refractivity contribution in [2.24, 2.45) is 34.5 Å². The summed E-state index contributed by atoms with van der Waals surface area (Å²) >= 11 is 5.53. The molecule has 4 heteroatoms. The van der Waals surface area contributed by atoms with Gasteiger partial charge in [0, 0.05) is 12.3 Å². The SMILES string of the molecule is C=C1CC[C@H]2C3[C@H]4OC(C)(C)O[C@@H]4[C@H]4CC(=O)C(=S)C[C@]4(C)[C@H]3CC[C@]12C. The first-order chi connectivity index (χ1) is 12.6. The molecule has 5 aliphatic rings. The summed E-state index contributed by atoms with van der Waals surface area (Å²) in [6.07, 6.45) is 6.15. The fourth-order valence-corrected chi connectivity index (χ4v) is 8.17. The zero-order valence-corrected chi connectivity index (χ0v) is 17.9. The second-order valence-electron chi connectivity index (χ2n) is 10.8. The molecule has 0 spiro atoms. The molecule has 4 saturated carbocycles. The third-order valence-electron chi connectivity index (χ3n) is 9.18. The summed E-state index contributed by atoms with van der Waals surface area (Å²) in [5.41, 5.74) is 1.71. The summed E-state index contributed by atoms with van der Waals surface area (Å²) in [7, 11) is 0. The van der Waals surface area contributed by atoms with Crippen molar-refractivity contribution in [3.8, 4) is 0 Å². The zero-order chi connectivity index (χ0) is 19.4. The lowest BCUT2D eigenvalue weighted by Gasteiger charge is -2.62. The highest BCUT2D eigenvalue weighted by Gasteiger charge is 2.68. The van der Waals surface area contributed by atoms with Gasteiger partial charge in [0.1, 0.15) is 0 Å². The van der Waals surface area contributed by atoms with Crippen molar-refractivity contribution in [2.45, 2.75) is 84.2 Å². The Bertz CT molecular complexity index is 742. The Balaban J connectivity index is 1.62. The molecule has 0 aromatic rings. The van der Waals surface area contributed by atoms with Crippen LogP contribution in [0.5, 0.6) is 0 Å². The molecule has 148 valence electrons. The molecule has 1 heterocycles. The maximum absolute atomic E-state index is 12.5. The lowest BCUT2D eigenvalue weighted by Crippen LogP contribution is -2.63. The van der Waals surface area contributed by atoms with E-state index in [4.69, 9.17) is 21.7 Å². The van der Waals surface area contributed by atoms with Gasteiger partial charge in [0.05, 0.1) is 17.1 Å². The summed E-state index contributed by atoms with van der Waals surface area (Å²) in [4.78, 5) is 13.2. The number of fused-ring (bicyclic) bond motifs is 8. The molecule has 0 bridgehead atoms. The van der Waals surface area contributed by atoms with E-state index in [-0.39, 0.29) is 34.7 Å². The largest absolute Gasteiger partial charge is 0.344 e. The Morgan fingerprint density at radius 1 is 1.04 bits per heavy atom. The van der Waals surface area contributed by atoms with Crippen LogP contribution in [-0.2, 0) is 14.3 Å². The topological polar surface area (TPSA) is 35.5 Å². The van der Waals surface area contributed by atoms with Crippen LogP contribution in [-0.4, -0.2) is 28.6 Å². The second kappa shape index (κ2) is 5.52. The van der Waals surface area contributed by atoms with E-state index in [2.05, 4.69) is 20.4 Å². The van der Waals surface area contributed by atoms with Gasteiger partial charge in [-0.05, 0) is 74.5 Å². The number of carbonyl (C=O) groups excluding carboxylic acids is 1. The van der Waals surface area contributed by atoms with Gasteiger partial charge in [0.2, 0.25) is 0 Å². The molecule has 4 aliphatic carbocycles. The number of Topliss-reactive ketones (excluding diaryl/α,β-unsaturated/α-hetero) is 1. The number of hydrogen-bond acceptors (Lipinski definition) is 4. The van der Waals surface area contributed by atoms with Gasteiger partial charge in [0.15, 0.2) is 11.6 Å². The molecular weight excluding hydrogens is 356 g/mol. The number of ether oxygens (including phenoxy) is 2. The van der Waals surface area contributed by atoms with E-state index in [0.29, 0.717) is 29.0 Å². The Kier molecular flexibility index (Phi) is 3.77. The fourth-order valence-electron chi connectivity index (χ4n) is 7.78. The lowest BCUT2D eigenvalue weighted by molar-refractivity contribution is -0.165. The van der Waals surface area contributed by atoms with Crippen molar-refractivity contribution in [3.05, 3.63) is 12.2 Å². The molecule has 1 saturated heterocycles. The van der Waals surface area contributed by atoms with E-state index in [9.17, 15) is 4.79 Å². The van der Waals surface area contributed by atoms with Crippen LogP contribution < -0.4 is 0 Å². The van der Waals surface area contributed by atoms with Gasteiger partial charge in [-0.15, -0.1) is 0 Å². The van der Waals surface area contributed by atoms with Crippen LogP contribution in [0.4, 0.5) is 0 Å². The summed E-state index contributed by atoms with van der Waals surface area (Å²) < 4.78 is 13.1. The van der Waals surface area contributed by atoms with Crippen LogP contribution in [0.3, 0.4) is 0 Å². The van der Waals surface area contributed by atoms with Gasteiger partial charge in [0.25, 0.3) is 0 Å². The lowest BCUT2D eigenvalue weighted by atomic mass is 9.43. The highest BCUT2D eigenvalue weighted by molar-refractivity contribution is 7.82. The number of allylic oxidation sites excluding steroid dienone is 1. The van der Waals surface area contributed by atoms with Crippen molar-refractivity contribution < 1.29 is 14.3 Å². The van der Waals surface area contributed by atoms with Crippen molar-refractivity contribution in [1.82, 2.24) is 0 Å². The van der Waals surface area contributed by atoms with Gasteiger partial charge in [-0.2, -0.15) is 0 Å². The summed E-state index contributed by atoms with van der Waals surface area (Å²) in [5.74, 6) is 1.45. The van der Waals surface area contributed by atoms with Gasteiger partial charge >= 0.3 is 0 Å². The van der Waals surface area contributed by atoms with Gasteiger partial charge in [-0.25, -0.2) is 0 Å². The van der Waals surface area contributed by atoms with Gasteiger partial charge in [-0.1, -0.05) is 38.2 Å². The third kappa shape index (κ3) is 2.33. The minimum absolute atomic E-state index is 0.00881. The smallest absolute Gasteiger partial charge is 0.169 e. The van der Waals surface area contributed by atoms with E-state index >= 15 is 0 Å². The summed E-state index contributed by atoms with van der Waals surface area (Å²) in [6.45, 7) is 13.3. The number of rotatable bonds is 0. The van der Waals surface area contributed by atoms with Gasteiger partial charge < -0.3 is 9.47 Å². The minimum atomic E-state index is -0.574. The molecule has 5 rings (SSSR count). The minimum Gasteiger partial charge on any atom is -0.344 e. The van der Waals surface area contributed by atoms with Crippen LogP contribution in [0.25, 0.3) is 0 Å². The highest BCUT2D eigenvalue weighted by atomic mass is 32.1. The van der Waals surface area contributed by atoms with E-state index in [0.717, 1.165) is 12.8 Å². The van der Waals surface area contributed by atoms with Crippen LogP contribution in [0.15, 0.2) is 12.2 Å². The maximum Gasteiger partial charge on any atom is 0.169 e. The van der Waals surface area contributed by atoms with Crippen LogP contribution >= 0.6 is 12.2 Å². The molecule has 3 nitrogen and oxygen atoms in total. The molecule has 5 fully saturated rings. The Morgan fingerprint density at radius 3 is 2.48 bits per heavy atom. The predicted octanol–water partition coefficient (Wildman–Crippen LogP) is 4.87. The number of hydrogen-bond donors (Lipinski definition) is 0. The first kappa shape index (κ1) is 18.4. The average Bonchev–Trinajstić information content (AvgIpc) is 3.06. The Hall–Kier alpha value is -0.580. The molecule has 0 radical (unpaired) electrons. The van der Waals surface area contributed by atoms with Gasteiger partial charge in [-0.3, -0.25) is 4.79 Å². The summed E-state index contributed by atoms with van der Waals surface area (Å²) in [6, 6.07) is 0. The normalized spacial score (nSPS) is 53.6.